The van der Waals surface area contributed by atoms with Gasteiger partial charge in [0, 0.05) is 22.9 Å². The van der Waals surface area contributed by atoms with Crippen LogP contribution in [0.25, 0.3) is 0 Å². The van der Waals surface area contributed by atoms with Gasteiger partial charge in [0.2, 0.25) is 10.0 Å². The number of hydrogen-bond acceptors (Lipinski definition) is 5. The lowest BCUT2D eigenvalue weighted by molar-refractivity contribution is 0.173. The van der Waals surface area contributed by atoms with Gasteiger partial charge < -0.3 is 9.84 Å². The minimum Gasteiger partial charge on any atom is -0.391 e. The highest BCUT2D eigenvalue weighted by Crippen LogP contribution is 2.25. The second-order valence-electron chi connectivity index (χ2n) is 3.97. The number of ether oxygens (including phenoxy) is 1. The fourth-order valence-electron chi connectivity index (χ4n) is 1.59. The van der Waals surface area contributed by atoms with Crippen LogP contribution in [-0.2, 0) is 21.4 Å². The molecule has 7 heteroatoms. The monoisotopic (exact) mass is 293 g/mol. The van der Waals surface area contributed by atoms with E-state index >= 15 is 0 Å². The van der Waals surface area contributed by atoms with Crippen molar-refractivity contribution in [1.29, 1.82) is 0 Å². The van der Waals surface area contributed by atoms with Gasteiger partial charge in [-0.1, -0.05) is 6.92 Å². The Kier molecular flexibility index (Phi) is 5.74. The summed E-state index contributed by atoms with van der Waals surface area (Å²) < 4.78 is 31.9. The molecule has 104 valence electrons. The summed E-state index contributed by atoms with van der Waals surface area (Å²) in [5, 5.41) is 9.03. The van der Waals surface area contributed by atoms with Gasteiger partial charge in [-0.2, -0.15) is 0 Å². The zero-order valence-electron chi connectivity index (χ0n) is 10.8. The van der Waals surface area contributed by atoms with Gasteiger partial charge in [-0.05, 0) is 19.4 Å². The second kappa shape index (κ2) is 6.63. The Morgan fingerprint density at radius 1 is 1.56 bits per heavy atom. The average Bonchev–Trinajstić information content (AvgIpc) is 2.70. The third-order valence-electron chi connectivity index (χ3n) is 2.55. The van der Waals surface area contributed by atoms with Crippen LogP contribution in [0.4, 0.5) is 0 Å². The van der Waals surface area contributed by atoms with Crippen LogP contribution in [0.15, 0.2) is 11.0 Å². The maximum atomic E-state index is 12.2. The summed E-state index contributed by atoms with van der Waals surface area (Å²) in [6.07, 6.45) is 0.656. The number of aryl methyl sites for hydroxylation is 1. The van der Waals surface area contributed by atoms with Gasteiger partial charge in [-0.3, -0.25) is 0 Å². The van der Waals surface area contributed by atoms with Crippen LogP contribution < -0.4 is 4.72 Å². The predicted octanol–water partition coefficient (Wildman–Crippen LogP) is 1.25. The number of aliphatic hydroxyl groups is 1. The Morgan fingerprint density at radius 3 is 2.67 bits per heavy atom. The van der Waals surface area contributed by atoms with Gasteiger partial charge in [-0.15, -0.1) is 11.3 Å². The number of sulfonamides is 1. The molecule has 1 aromatic heterocycles. The minimum absolute atomic E-state index is 0.143. The average molecular weight is 293 g/mol. The highest BCUT2D eigenvalue weighted by molar-refractivity contribution is 7.89. The number of thiophene rings is 1. The normalized spacial score (nSPS) is 13.8. The van der Waals surface area contributed by atoms with Crippen molar-refractivity contribution in [2.75, 3.05) is 13.7 Å². The smallest absolute Gasteiger partial charge is 0.242 e. The quantitative estimate of drug-likeness (QED) is 0.793. The lowest BCUT2D eigenvalue weighted by atomic mass is 10.3. The van der Waals surface area contributed by atoms with Crippen molar-refractivity contribution in [3.8, 4) is 0 Å². The van der Waals surface area contributed by atoms with Crippen LogP contribution in [0, 0.1) is 6.92 Å². The summed E-state index contributed by atoms with van der Waals surface area (Å²) in [6.45, 7) is 3.82. The molecule has 0 aliphatic rings. The first-order valence-corrected chi connectivity index (χ1v) is 7.96. The fourth-order valence-corrected chi connectivity index (χ4v) is 4.39. The van der Waals surface area contributed by atoms with Crippen LogP contribution in [0.1, 0.15) is 23.1 Å². The van der Waals surface area contributed by atoms with E-state index in [0.717, 1.165) is 0 Å². The van der Waals surface area contributed by atoms with Gasteiger partial charge in [0.25, 0.3) is 0 Å². The fraction of sp³-hybridized carbons (Fsp3) is 0.636. The van der Waals surface area contributed by atoms with Crippen molar-refractivity contribution in [3.63, 3.8) is 0 Å². The van der Waals surface area contributed by atoms with Crippen LogP contribution in [0.2, 0.25) is 0 Å². The van der Waals surface area contributed by atoms with E-state index in [1.807, 2.05) is 6.92 Å². The van der Waals surface area contributed by atoms with E-state index < -0.39 is 10.0 Å². The van der Waals surface area contributed by atoms with E-state index in [4.69, 9.17) is 9.84 Å². The SMILES string of the molecule is CCC(COC)NS(=O)(=O)c1cc(CO)sc1C. The van der Waals surface area contributed by atoms with E-state index in [2.05, 4.69) is 4.72 Å². The third kappa shape index (κ3) is 3.76. The van der Waals surface area contributed by atoms with Crippen LogP contribution >= 0.6 is 11.3 Å². The molecule has 0 radical (unpaired) electrons. The summed E-state index contributed by atoms with van der Waals surface area (Å²) in [5.74, 6) is 0. The highest BCUT2D eigenvalue weighted by atomic mass is 32.2. The molecule has 0 saturated carbocycles. The third-order valence-corrected chi connectivity index (χ3v) is 5.36. The van der Waals surface area contributed by atoms with Crippen LogP contribution in [0.3, 0.4) is 0 Å². The molecule has 0 bridgehead atoms. The first-order chi connectivity index (χ1) is 8.44. The molecular weight excluding hydrogens is 274 g/mol. The predicted molar refractivity (Wildman–Crippen MR) is 71.3 cm³/mol. The summed E-state index contributed by atoms with van der Waals surface area (Å²) in [6, 6.07) is 1.28. The van der Waals surface area contributed by atoms with E-state index in [-0.39, 0.29) is 17.5 Å². The standard InChI is InChI=1S/C11H19NO4S2/c1-4-9(7-16-3)12-18(14,15)11-5-10(6-13)17-8(11)2/h5,9,12-13H,4,6-7H2,1-3H3. The van der Waals surface area contributed by atoms with Crippen molar-refractivity contribution < 1.29 is 18.3 Å². The summed E-state index contributed by atoms with van der Waals surface area (Å²) >= 11 is 1.29. The lowest BCUT2D eigenvalue weighted by Gasteiger charge is -2.15. The van der Waals surface area contributed by atoms with E-state index in [0.29, 0.717) is 22.8 Å². The number of hydrogen-bond donors (Lipinski definition) is 2. The molecule has 0 aromatic carbocycles. The maximum absolute atomic E-state index is 12.2. The number of rotatable bonds is 7. The van der Waals surface area contributed by atoms with Crippen molar-refractivity contribution in [2.45, 2.75) is 37.8 Å². The molecule has 1 heterocycles. The van der Waals surface area contributed by atoms with Crippen LogP contribution in [0.5, 0.6) is 0 Å². The summed E-state index contributed by atoms with van der Waals surface area (Å²) in [7, 11) is -2.01. The molecule has 0 aliphatic heterocycles. The molecule has 1 unspecified atom stereocenters. The molecule has 18 heavy (non-hydrogen) atoms. The Bertz CT molecular complexity index is 481. The number of methoxy groups -OCH3 is 1. The lowest BCUT2D eigenvalue weighted by Crippen LogP contribution is -2.37. The second-order valence-corrected chi connectivity index (χ2v) is 7.00. The van der Waals surface area contributed by atoms with Gasteiger partial charge in [0.05, 0.1) is 18.1 Å². The van der Waals surface area contributed by atoms with E-state index in [9.17, 15) is 8.42 Å². The zero-order valence-corrected chi connectivity index (χ0v) is 12.4. The van der Waals surface area contributed by atoms with Crippen LogP contribution in [-0.4, -0.2) is 33.3 Å². The molecule has 0 saturated heterocycles. The van der Waals surface area contributed by atoms with E-state index in [1.165, 1.54) is 24.5 Å². The first-order valence-electron chi connectivity index (χ1n) is 5.66. The largest absolute Gasteiger partial charge is 0.391 e. The summed E-state index contributed by atoms with van der Waals surface area (Å²) in [5.41, 5.74) is 0. The Morgan fingerprint density at radius 2 is 2.22 bits per heavy atom. The topological polar surface area (TPSA) is 75.6 Å². The van der Waals surface area contributed by atoms with Gasteiger partial charge in [0.15, 0.2) is 0 Å². The Labute approximate surface area is 112 Å². The van der Waals surface area contributed by atoms with Crippen molar-refractivity contribution in [3.05, 3.63) is 15.8 Å². The molecule has 2 N–H and O–H groups in total. The van der Waals surface area contributed by atoms with Crippen molar-refractivity contribution in [2.24, 2.45) is 0 Å². The molecule has 5 nitrogen and oxygen atoms in total. The Hall–Kier alpha value is -0.470. The Balaban J connectivity index is 2.94. The van der Waals surface area contributed by atoms with Crippen molar-refractivity contribution >= 4 is 21.4 Å². The molecule has 0 amide bonds. The van der Waals surface area contributed by atoms with Gasteiger partial charge >= 0.3 is 0 Å². The molecule has 0 aliphatic carbocycles. The minimum atomic E-state index is -3.54. The van der Waals surface area contributed by atoms with E-state index in [1.54, 1.807) is 6.92 Å². The molecule has 1 aromatic rings. The first kappa shape index (κ1) is 15.6. The molecule has 1 atom stereocenters. The zero-order chi connectivity index (χ0) is 13.8. The van der Waals surface area contributed by atoms with Gasteiger partial charge in [-0.25, -0.2) is 13.1 Å². The molecule has 0 spiro atoms. The molecular formula is C11H19NO4S2. The molecule has 1 rings (SSSR count). The number of nitrogens with one attached hydrogen (secondary N) is 1. The number of aliphatic hydroxyl groups excluding tert-OH is 1. The summed E-state index contributed by atoms with van der Waals surface area (Å²) in [4.78, 5) is 1.57. The highest BCUT2D eigenvalue weighted by Gasteiger charge is 2.22. The molecule has 0 fully saturated rings. The maximum Gasteiger partial charge on any atom is 0.242 e. The van der Waals surface area contributed by atoms with Crippen molar-refractivity contribution in [1.82, 2.24) is 4.72 Å². The van der Waals surface area contributed by atoms with Gasteiger partial charge in [0.1, 0.15) is 0 Å².